The van der Waals surface area contributed by atoms with Crippen molar-refractivity contribution in [2.24, 2.45) is 5.41 Å². The maximum Gasteiger partial charge on any atom is 0.340 e. The van der Waals surface area contributed by atoms with E-state index in [1.165, 1.54) is 5.57 Å². The minimum absolute atomic E-state index is 0.0484. The fourth-order valence-electron chi connectivity index (χ4n) is 5.68. The molecule has 0 aromatic carbocycles. The van der Waals surface area contributed by atoms with E-state index in [0.717, 1.165) is 54.6 Å². The molecule has 1 fully saturated rings. The zero-order valence-corrected chi connectivity index (χ0v) is 25.3. The number of ether oxygens (including phenoxy) is 3. The van der Waals surface area contributed by atoms with Gasteiger partial charge in [-0.05, 0) is 68.1 Å². The standard InChI is InChI=1S/C30H47NO5Si/c1-9-35-28(32)26-24(20-10-14-33-15-11-20)25-22(31-27(26)21-12-16-34-17-13-21)18-30(5,6)19-23(25)36-37(7,8)29(2,3)4/h10,21,23H,9,11-19H2,1-8H3. The summed E-state index contributed by atoms with van der Waals surface area (Å²) in [4.78, 5) is 19.1. The lowest BCUT2D eigenvalue weighted by molar-refractivity contribution is 0.0515. The van der Waals surface area contributed by atoms with Crippen LogP contribution in [0.5, 0.6) is 0 Å². The van der Waals surface area contributed by atoms with Gasteiger partial charge in [-0.2, -0.15) is 0 Å². The van der Waals surface area contributed by atoms with Crippen LogP contribution < -0.4 is 0 Å². The van der Waals surface area contributed by atoms with Crippen molar-refractivity contribution in [1.82, 2.24) is 4.98 Å². The summed E-state index contributed by atoms with van der Waals surface area (Å²) < 4.78 is 24.3. The van der Waals surface area contributed by atoms with E-state index in [9.17, 15) is 4.79 Å². The quantitative estimate of drug-likeness (QED) is 0.292. The first-order chi connectivity index (χ1) is 17.3. The van der Waals surface area contributed by atoms with Crippen molar-refractivity contribution in [3.63, 3.8) is 0 Å². The number of fused-ring (bicyclic) bond motifs is 1. The third-order valence-corrected chi connectivity index (χ3v) is 13.1. The van der Waals surface area contributed by atoms with Gasteiger partial charge in [0.1, 0.15) is 0 Å². The Morgan fingerprint density at radius 3 is 2.46 bits per heavy atom. The Labute approximate surface area is 224 Å². The number of carbonyl (C=O) groups excluding carboxylic acids is 1. The van der Waals surface area contributed by atoms with Crippen LogP contribution in [0.3, 0.4) is 0 Å². The van der Waals surface area contributed by atoms with Gasteiger partial charge in [0.05, 0.1) is 37.2 Å². The van der Waals surface area contributed by atoms with Crippen LogP contribution in [0.4, 0.5) is 0 Å². The molecule has 1 saturated heterocycles. The predicted molar refractivity (Wildman–Crippen MR) is 150 cm³/mol. The molecule has 1 unspecified atom stereocenters. The first-order valence-electron chi connectivity index (χ1n) is 14.1. The molecule has 0 N–H and O–H groups in total. The lowest BCUT2D eigenvalue weighted by Crippen LogP contribution is -2.44. The molecular weight excluding hydrogens is 482 g/mol. The number of hydrogen-bond donors (Lipinski definition) is 0. The highest BCUT2D eigenvalue weighted by molar-refractivity contribution is 6.74. The zero-order chi connectivity index (χ0) is 27.0. The molecule has 206 valence electrons. The number of esters is 1. The number of aromatic nitrogens is 1. The molecule has 1 atom stereocenters. The highest BCUT2D eigenvalue weighted by Gasteiger charge is 2.45. The smallest absolute Gasteiger partial charge is 0.340 e. The van der Waals surface area contributed by atoms with Gasteiger partial charge in [-0.25, -0.2) is 4.79 Å². The normalized spacial score (nSPS) is 22.8. The molecule has 37 heavy (non-hydrogen) atoms. The van der Waals surface area contributed by atoms with E-state index in [-0.39, 0.29) is 28.4 Å². The SMILES string of the molecule is CCOC(=O)c1c(C2CCOCC2)nc2c(c1C1=CCOCC1)C(O[Si](C)(C)C(C)(C)C)CC(C)(C)C2. The van der Waals surface area contributed by atoms with Crippen LogP contribution >= 0.6 is 0 Å². The maximum atomic E-state index is 13.8. The molecule has 1 aliphatic carbocycles. The molecule has 4 rings (SSSR count). The highest BCUT2D eigenvalue weighted by Crippen LogP contribution is 2.51. The Kier molecular flexibility index (Phi) is 8.39. The first-order valence-corrected chi connectivity index (χ1v) is 17.0. The summed E-state index contributed by atoms with van der Waals surface area (Å²) in [5.74, 6) is -0.0833. The second kappa shape index (κ2) is 10.9. The molecule has 2 aliphatic heterocycles. The van der Waals surface area contributed by atoms with Gasteiger partial charge in [-0.3, -0.25) is 4.98 Å². The molecule has 7 heteroatoms. The van der Waals surface area contributed by atoms with Crippen molar-refractivity contribution in [1.29, 1.82) is 0 Å². The first kappa shape index (κ1) is 28.5. The van der Waals surface area contributed by atoms with E-state index < -0.39 is 8.32 Å². The molecule has 0 radical (unpaired) electrons. The van der Waals surface area contributed by atoms with Gasteiger partial charge in [0.2, 0.25) is 0 Å². The summed E-state index contributed by atoms with van der Waals surface area (Å²) in [5.41, 5.74) is 6.01. The second-order valence-electron chi connectivity index (χ2n) is 13.2. The van der Waals surface area contributed by atoms with Crippen LogP contribution in [0.15, 0.2) is 6.08 Å². The molecule has 3 aliphatic rings. The molecular formula is C30H47NO5Si. The zero-order valence-electron chi connectivity index (χ0n) is 24.3. The van der Waals surface area contributed by atoms with E-state index in [2.05, 4.69) is 53.8 Å². The summed E-state index contributed by atoms with van der Waals surface area (Å²) in [7, 11) is -2.11. The van der Waals surface area contributed by atoms with Crippen LogP contribution in [-0.4, -0.2) is 52.3 Å². The van der Waals surface area contributed by atoms with E-state index in [1.807, 2.05) is 6.92 Å². The van der Waals surface area contributed by atoms with Gasteiger partial charge >= 0.3 is 5.97 Å². The largest absolute Gasteiger partial charge is 0.462 e. The number of hydrogen-bond acceptors (Lipinski definition) is 6. The average molecular weight is 530 g/mol. The summed E-state index contributed by atoms with van der Waals surface area (Å²) in [6.07, 6.45) is 6.33. The predicted octanol–water partition coefficient (Wildman–Crippen LogP) is 6.99. The third-order valence-electron chi connectivity index (χ3n) is 8.66. The number of pyridine rings is 1. The molecule has 1 aromatic rings. The molecule has 6 nitrogen and oxygen atoms in total. The van der Waals surface area contributed by atoms with Crippen LogP contribution in [0.2, 0.25) is 18.1 Å². The molecule has 0 bridgehead atoms. The van der Waals surface area contributed by atoms with Crippen molar-refractivity contribution < 1.29 is 23.4 Å². The lowest BCUT2D eigenvalue weighted by Gasteiger charge is -2.45. The minimum Gasteiger partial charge on any atom is -0.462 e. The van der Waals surface area contributed by atoms with E-state index in [4.69, 9.17) is 23.6 Å². The molecule has 0 spiro atoms. The number of nitrogens with zero attached hydrogens (tertiary/aromatic N) is 1. The van der Waals surface area contributed by atoms with E-state index in [0.29, 0.717) is 38.6 Å². The summed E-state index contributed by atoms with van der Waals surface area (Å²) >= 11 is 0. The Morgan fingerprint density at radius 1 is 1.16 bits per heavy atom. The topological polar surface area (TPSA) is 66.9 Å². The van der Waals surface area contributed by atoms with Gasteiger partial charge in [0.25, 0.3) is 0 Å². The summed E-state index contributed by atoms with van der Waals surface area (Å²) in [6.45, 7) is 20.9. The van der Waals surface area contributed by atoms with Crippen LogP contribution in [-0.2, 0) is 25.1 Å². The van der Waals surface area contributed by atoms with Crippen LogP contribution in [0, 0.1) is 5.41 Å². The van der Waals surface area contributed by atoms with Gasteiger partial charge in [0, 0.05) is 36.0 Å². The Balaban J connectivity index is 2.00. The molecule has 3 heterocycles. The maximum absolute atomic E-state index is 13.8. The number of rotatable bonds is 6. The highest BCUT2D eigenvalue weighted by atomic mass is 28.4. The average Bonchev–Trinajstić information content (AvgIpc) is 2.82. The monoisotopic (exact) mass is 529 g/mol. The fourth-order valence-corrected chi connectivity index (χ4v) is 6.94. The van der Waals surface area contributed by atoms with Crippen molar-refractivity contribution in [2.45, 2.75) is 104 Å². The van der Waals surface area contributed by atoms with Crippen molar-refractivity contribution >= 4 is 19.9 Å². The second-order valence-corrected chi connectivity index (χ2v) is 17.9. The van der Waals surface area contributed by atoms with Gasteiger partial charge in [-0.15, -0.1) is 0 Å². The Morgan fingerprint density at radius 2 is 1.86 bits per heavy atom. The van der Waals surface area contributed by atoms with Gasteiger partial charge in [-0.1, -0.05) is 40.7 Å². The van der Waals surface area contributed by atoms with Crippen molar-refractivity contribution in [2.75, 3.05) is 33.0 Å². The van der Waals surface area contributed by atoms with Gasteiger partial charge < -0.3 is 18.6 Å². The minimum atomic E-state index is -2.11. The van der Waals surface area contributed by atoms with Gasteiger partial charge in [0.15, 0.2) is 8.32 Å². The summed E-state index contributed by atoms with van der Waals surface area (Å²) in [5, 5.41) is 0.0757. The van der Waals surface area contributed by atoms with E-state index in [1.54, 1.807) is 0 Å². The Hall–Kier alpha value is -1.54. The van der Waals surface area contributed by atoms with Crippen LogP contribution in [0.1, 0.15) is 112 Å². The number of carbonyl (C=O) groups is 1. The molecule has 0 saturated carbocycles. The van der Waals surface area contributed by atoms with Crippen molar-refractivity contribution in [3.05, 3.63) is 34.2 Å². The van der Waals surface area contributed by atoms with Crippen molar-refractivity contribution in [3.8, 4) is 0 Å². The summed E-state index contributed by atoms with van der Waals surface area (Å²) in [6, 6.07) is 0. The third kappa shape index (κ3) is 6.05. The fraction of sp³-hybridized carbons (Fsp3) is 0.733. The Bertz CT molecular complexity index is 1030. The molecule has 1 aromatic heterocycles. The molecule has 0 amide bonds. The lowest BCUT2D eigenvalue weighted by atomic mass is 9.71. The van der Waals surface area contributed by atoms with E-state index >= 15 is 0 Å². The van der Waals surface area contributed by atoms with Crippen LogP contribution in [0.25, 0.3) is 5.57 Å².